The average molecular weight is 446 g/mol. The molecule has 0 amide bonds. The zero-order valence-corrected chi connectivity index (χ0v) is 17.9. The summed E-state index contributed by atoms with van der Waals surface area (Å²) in [4.78, 5) is 16.2. The fourth-order valence-electron chi connectivity index (χ4n) is 2.83. The highest BCUT2D eigenvalue weighted by atomic mass is 19.1. The number of methoxy groups -OCH3 is 3. The highest BCUT2D eigenvalue weighted by molar-refractivity contribution is 5.69. The molecule has 0 aliphatic rings. The van der Waals surface area contributed by atoms with Crippen molar-refractivity contribution in [3.63, 3.8) is 0 Å². The topological polar surface area (TPSA) is 102 Å². The number of carbonyl (C=O) groups is 1. The van der Waals surface area contributed by atoms with E-state index < -0.39 is 5.97 Å². The fourth-order valence-corrected chi connectivity index (χ4v) is 2.83. The van der Waals surface area contributed by atoms with Gasteiger partial charge >= 0.3 is 5.97 Å². The van der Waals surface area contributed by atoms with Crippen molar-refractivity contribution in [2.45, 2.75) is 26.1 Å². The van der Waals surface area contributed by atoms with E-state index in [1.54, 1.807) is 12.1 Å². The molecule has 0 saturated heterocycles. The van der Waals surface area contributed by atoms with Gasteiger partial charge in [0.05, 0.1) is 21.3 Å². The van der Waals surface area contributed by atoms with Crippen LogP contribution in [0.15, 0.2) is 40.9 Å². The molecular formula is C22H23FN2O7. The molecule has 1 aromatic heterocycles. The van der Waals surface area contributed by atoms with Crippen LogP contribution in [-0.2, 0) is 29.2 Å². The third-order valence-corrected chi connectivity index (χ3v) is 4.39. The van der Waals surface area contributed by atoms with Gasteiger partial charge in [-0.1, -0.05) is 5.16 Å². The van der Waals surface area contributed by atoms with Gasteiger partial charge in [-0.2, -0.15) is 4.98 Å². The molecule has 9 nitrogen and oxygen atoms in total. The molecule has 0 N–H and O–H groups in total. The van der Waals surface area contributed by atoms with Crippen molar-refractivity contribution >= 4 is 5.97 Å². The zero-order chi connectivity index (χ0) is 22.9. The Morgan fingerprint density at radius 1 is 1.00 bits per heavy atom. The summed E-state index contributed by atoms with van der Waals surface area (Å²) in [6.07, 6.45) is 0.545. The van der Waals surface area contributed by atoms with Gasteiger partial charge in [0.2, 0.25) is 11.6 Å². The van der Waals surface area contributed by atoms with Gasteiger partial charge in [0, 0.05) is 6.42 Å². The Morgan fingerprint density at radius 2 is 1.69 bits per heavy atom. The highest BCUT2D eigenvalue weighted by Gasteiger charge is 2.15. The smallest absolute Gasteiger partial charge is 0.306 e. The Morgan fingerprint density at radius 3 is 2.31 bits per heavy atom. The van der Waals surface area contributed by atoms with Crippen LogP contribution in [0.4, 0.5) is 4.39 Å². The SMILES string of the molecule is COc1cc(CCC(=O)OCc2nc(COc3ccc(F)cc3)no2)cc(OC)c1OC. The Bertz CT molecular complexity index is 1010. The molecule has 3 aromatic rings. The molecular weight excluding hydrogens is 423 g/mol. The number of benzene rings is 2. The van der Waals surface area contributed by atoms with Crippen LogP contribution < -0.4 is 18.9 Å². The van der Waals surface area contributed by atoms with Crippen LogP contribution in [0, 0.1) is 5.82 Å². The summed E-state index contributed by atoms with van der Waals surface area (Å²) in [7, 11) is 4.58. The number of nitrogens with zero attached hydrogens (tertiary/aromatic N) is 2. The van der Waals surface area contributed by atoms with Crippen molar-refractivity contribution in [3.8, 4) is 23.0 Å². The number of esters is 1. The molecule has 0 spiro atoms. The predicted octanol–water partition coefficient (Wildman–Crippen LogP) is 3.49. The number of carbonyl (C=O) groups excluding carboxylic acids is 1. The number of hydrogen-bond acceptors (Lipinski definition) is 9. The quantitative estimate of drug-likeness (QED) is 0.410. The Hall–Kier alpha value is -3.82. The van der Waals surface area contributed by atoms with E-state index in [9.17, 15) is 9.18 Å². The van der Waals surface area contributed by atoms with Crippen molar-refractivity contribution in [3.05, 3.63) is 59.5 Å². The van der Waals surface area contributed by atoms with E-state index in [-0.39, 0.29) is 37.2 Å². The first-order valence-corrected chi connectivity index (χ1v) is 9.66. The van der Waals surface area contributed by atoms with Crippen LogP contribution in [0.1, 0.15) is 23.7 Å². The average Bonchev–Trinajstić information content (AvgIpc) is 3.28. The van der Waals surface area contributed by atoms with Gasteiger partial charge in [-0.05, 0) is 48.4 Å². The normalized spacial score (nSPS) is 10.5. The number of ether oxygens (including phenoxy) is 5. The number of aryl methyl sites for hydroxylation is 1. The second-order valence-corrected chi connectivity index (χ2v) is 6.54. The third-order valence-electron chi connectivity index (χ3n) is 4.39. The van der Waals surface area contributed by atoms with E-state index in [0.29, 0.717) is 29.4 Å². The van der Waals surface area contributed by atoms with Crippen LogP contribution in [0.25, 0.3) is 0 Å². The van der Waals surface area contributed by atoms with Crippen molar-refractivity contribution < 1.29 is 37.4 Å². The van der Waals surface area contributed by atoms with E-state index in [1.165, 1.54) is 45.6 Å². The summed E-state index contributed by atoms with van der Waals surface area (Å²) in [6, 6.07) is 9.11. The van der Waals surface area contributed by atoms with Crippen molar-refractivity contribution in [2.24, 2.45) is 0 Å². The highest BCUT2D eigenvalue weighted by Crippen LogP contribution is 2.38. The molecule has 0 unspecified atom stereocenters. The minimum atomic E-state index is -0.430. The van der Waals surface area contributed by atoms with E-state index in [4.69, 9.17) is 28.2 Å². The molecule has 3 rings (SSSR count). The second-order valence-electron chi connectivity index (χ2n) is 6.54. The number of rotatable bonds is 11. The van der Waals surface area contributed by atoms with Gasteiger partial charge in [-0.25, -0.2) is 4.39 Å². The maximum atomic E-state index is 12.9. The van der Waals surface area contributed by atoms with E-state index in [0.717, 1.165) is 5.56 Å². The lowest BCUT2D eigenvalue weighted by molar-refractivity contribution is -0.145. The molecule has 0 atom stereocenters. The van der Waals surface area contributed by atoms with Crippen molar-refractivity contribution in [1.29, 1.82) is 0 Å². The molecule has 0 fully saturated rings. The monoisotopic (exact) mass is 446 g/mol. The molecule has 0 bridgehead atoms. The van der Waals surface area contributed by atoms with Gasteiger partial charge in [0.15, 0.2) is 24.7 Å². The Kier molecular flexibility index (Phi) is 7.85. The maximum absolute atomic E-state index is 12.9. The largest absolute Gasteiger partial charge is 0.493 e. The molecule has 0 saturated carbocycles. The van der Waals surface area contributed by atoms with Gasteiger partial charge in [0.25, 0.3) is 5.89 Å². The summed E-state index contributed by atoms with van der Waals surface area (Å²) in [6.45, 7) is -0.123. The lowest BCUT2D eigenvalue weighted by atomic mass is 10.1. The van der Waals surface area contributed by atoms with E-state index in [1.807, 2.05) is 0 Å². The predicted molar refractivity (Wildman–Crippen MR) is 109 cm³/mol. The van der Waals surface area contributed by atoms with Crippen LogP contribution in [0.5, 0.6) is 23.0 Å². The standard InChI is InChI=1S/C22H23FN2O7/c1-27-17-10-14(11-18(28-2)22(17)29-3)4-9-21(26)31-13-20-24-19(25-32-20)12-30-16-7-5-15(23)6-8-16/h5-8,10-11H,4,9,12-13H2,1-3H3. The summed E-state index contributed by atoms with van der Waals surface area (Å²) < 4.78 is 44.5. The molecule has 1 heterocycles. The maximum Gasteiger partial charge on any atom is 0.306 e. The molecule has 0 radical (unpaired) electrons. The van der Waals surface area contributed by atoms with Gasteiger partial charge < -0.3 is 28.2 Å². The number of hydrogen-bond donors (Lipinski definition) is 0. The van der Waals surface area contributed by atoms with Gasteiger partial charge in [-0.3, -0.25) is 4.79 Å². The third kappa shape index (κ3) is 6.10. The first kappa shape index (κ1) is 22.9. The molecule has 0 aliphatic carbocycles. The Labute approximate surface area is 184 Å². The molecule has 10 heteroatoms. The molecule has 2 aromatic carbocycles. The van der Waals surface area contributed by atoms with E-state index in [2.05, 4.69) is 10.1 Å². The molecule has 32 heavy (non-hydrogen) atoms. The first-order valence-electron chi connectivity index (χ1n) is 9.66. The van der Waals surface area contributed by atoms with E-state index >= 15 is 0 Å². The van der Waals surface area contributed by atoms with Crippen molar-refractivity contribution in [2.75, 3.05) is 21.3 Å². The van der Waals surface area contributed by atoms with Crippen molar-refractivity contribution in [1.82, 2.24) is 10.1 Å². The van der Waals surface area contributed by atoms with Crippen LogP contribution in [-0.4, -0.2) is 37.4 Å². The van der Waals surface area contributed by atoms with Gasteiger partial charge in [0.1, 0.15) is 11.6 Å². The minimum absolute atomic E-state index is 0.0320. The fraction of sp³-hybridized carbons (Fsp3) is 0.318. The summed E-state index contributed by atoms with van der Waals surface area (Å²) in [5, 5.41) is 3.76. The Balaban J connectivity index is 1.47. The van der Waals surface area contributed by atoms with Crippen LogP contribution in [0.3, 0.4) is 0 Å². The molecule has 170 valence electrons. The first-order chi connectivity index (χ1) is 15.5. The van der Waals surface area contributed by atoms with Crippen LogP contribution in [0.2, 0.25) is 0 Å². The lowest BCUT2D eigenvalue weighted by Crippen LogP contribution is -2.07. The summed E-state index contributed by atoms with van der Waals surface area (Å²) in [5.41, 5.74) is 0.828. The van der Waals surface area contributed by atoms with Crippen LogP contribution >= 0.6 is 0 Å². The summed E-state index contributed by atoms with van der Waals surface area (Å²) in [5.74, 6) is 1.61. The second kappa shape index (κ2) is 11.0. The zero-order valence-electron chi connectivity index (χ0n) is 17.9. The summed E-state index contributed by atoms with van der Waals surface area (Å²) >= 11 is 0. The minimum Gasteiger partial charge on any atom is -0.493 e. The molecule has 0 aliphatic heterocycles. The number of aromatic nitrogens is 2. The lowest BCUT2D eigenvalue weighted by Gasteiger charge is -2.14. The van der Waals surface area contributed by atoms with Gasteiger partial charge in [-0.15, -0.1) is 0 Å². The number of halogens is 1.